The largest absolute Gasteiger partial charge is 0.486 e. The minimum absolute atomic E-state index is 0.597. The van der Waals surface area contributed by atoms with Gasteiger partial charge in [0.1, 0.15) is 13.2 Å². The van der Waals surface area contributed by atoms with E-state index in [2.05, 4.69) is 22.7 Å². The number of hydrogen-bond acceptors (Lipinski definition) is 4. The summed E-state index contributed by atoms with van der Waals surface area (Å²) in [5, 5.41) is 4.21. The Labute approximate surface area is 118 Å². The van der Waals surface area contributed by atoms with Gasteiger partial charge < -0.3 is 14.9 Å². The number of hydrogen-bond donors (Lipinski definition) is 1. The maximum atomic E-state index is 5.53. The minimum Gasteiger partial charge on any atom is -0.486 e. The molecule has 0 saturated carbocycles. The zero-order valence-electron chi connectivity index (χ0n) is 11.1. The number of rotatable bonds is 4. The second-order valence-corrected chi connectivity index (χ2v) is 4.48. The van der Waals surface area contributed by atoms with Crippen molar-refractivity contribution in [3.05, 3.63) is 59.7 Å². The maximum absolute atomic E-state index is 5.53. The summed E-state index contributed by atoms with van der Waals surface area (Å²) in [5.41, 5.74) is 5.21. The van der Waals surface area contributed by atoms with E-state index >= 15 is 0 Å². The molecular formula is C16H16N2O2. The van der Waals surface area contributed by atoms with E-state index in [1.807, 2.05) is 36.4 Å². The van der Waals surface area contributed by atoms with Gasteiger partial charge in [-0.05, 0) is 29.3 Å². The van der Waals surface area contributed by atoms with Gasteiger partial charge in [-0.2, -0.15) is 5.10 Å². The molecule has 1 aliphatic heterocycles. The quantitative estimate of drug-likeness (QED) is 0.684. The molecule has 1 aliphatic rings. The molecule has 0 saturated heterocycles. The molecule has 0 aromatic heterocycles. The van der Waals surface area contributed by atoms with Crippen LogP contribution in [0.15, 0.2) is 53.6 Å². The van der Waals surface area contributed by atoms with Crippen molar-refractivity contribution in [3.8, 4) is 11.5 Å². The third-order valence-corrected chi connectivity index (χ3v) is 3.00. The lowest BCUT2D eigenvalue weighted by Gasteiger charge is -2.18. The van der Waals surface area contributed by atoms with Crippen LogP contribution in [0.25, 0.3) is 0 Å². The highest BCUT2D eigenvalue weighted by Crippen LogP contribution is 2.30. The normalized spacial score (nSPS) is 13.4. The fourth-order valence-electron chi connectivity index (χ4n) is 1.99. The molecule has 0 atom stereocenters. The molecule has 0 radical (unpaired) electrons. The first-order valence-electron chi connectivity index (χ1n) is 6.61. The third kappa shape index (κ3) is 3.09. The Hall–Kier alpha value is -2.49. The predicted octanol–water partition coefficient (Wildman–Crippen LogP) is 2.58. The van der Waals surface area contributed by atoms with Gasteiger partial charge in [0.2, 0.25) is 0 Å². The van der Waals surface area contributed by atoms with Crippen LogP contribution in [0.2, 0.25) is 0 Å². The number of nitrogens with zero attached hydrogens (tertiary/aromatic N) is 1. The van der Waals surface area contributed by atoms with Crippen LogP contribution < -0.4 is 14.9 Å². The zero-order chi connectivity index (χ0) is 13.6. The van der Waals surface area contributed by atoms with Gasteiger partial charge in [0.25, 0.3) is 0 Å². The third-order valence-electron chi connectivity index (χ3n) is 3.00. The molecule has 2 aromatic rings. The lowest BCUT2D eigenvalue weighted by Crippen LogP contribution is -2.15. The summed E-state index contributed by atoms with van der Waals surface area (Å²) >= 11 is 0. The second-order valence-electron chi connectivity index (χ2n) is 4.48. The average molecular weight is 268 g/mol. The van der Waals surface area contributed by atoms with Crippen molar-refractivity contribution >= 4 is 6.21 Å². The second kappa shape index (κ2) is 6.10. The van der Waals surface area contributed by atoms with Crippen molar-refractivity contribution in [2.75, 3.05) is 13.2 Å². The number of nitrogens with one attached hydrogen (secondary N) is 1. The van der Waals surface area contributed by atoms with Gasteiger partial charge in [0.05, 0.1) is 12.8 Å². The molecule has 0 bridgehead atoms. The van der Waals surface area contributed by atoms with E-state index in [9.17, 15) is 0 Å². The number of hydrazone groups is 1. The van der Waals surface area contributed by atoms with E-state index in [0.717, 1.165) is 17.1 Å². The maximum Gasteiger partial charge on any atom is 0.162 e. The molecule has 0 fully saturated rings. The molecule has 4 heteroatoms. The Morgan fingerprint density at radius 3 is 2.65 bits per heavy atom. The van der Waals surface area contributed by atoms with E-state index in [4.69, 9.17) is 9.47 Å². The van der Waals surface area contributed by atoms with Crippen LogP contribution in [0.3, 0.4) is 0 Å². The van der Waals surface area contributed by atoms with Gasteiger partial charge >= 0.3 is 0 Å². The van der Waals surface area contributed by atoms with Gasteiger partial charge in [-0.25, -0.2) is 0 Å². The van der Waals surface area contributed by atoms with Crippen LogP contribution in [-0.2, 0) is 6.54 Å². The highest BCUT2D eigenvalue weighted by molar-refractivity contribution is 5.80. The van der Waals surface area contributed by atoms with Crippen LogP contribution in [0.1, 0.15) is 11.1 Å². The van der Waals surface area contributed by atoms with Gasteiger partial charge in [-0.3, -0.25) is 0 Å². The van der Waals surface area contributed by atoms with Crippen LogP contribution in [-0.4, -0.2) is 19.4 Å². The molecule has 1 heterocycles. The summed E-state index contributed by atoms with van der Waals surface area (Å²) in [6.07, 6.45) is 1.78. The molecule has 0 unspecified atom stereocenters. The van der Waals surface area contributed by atoms with Crippen molar-refractivity contribution in [2.24, 2.45) is 5.10 Å². The van der Waals surface area contributed by atoms with Gasteiger partial charge in [-0.15, -0.1) is 0 Å². The van der Waals surface area contributed by atoms with Crippen molar-refractivity contribution in [1.82, 2.24) is 5.43 Å². The van der Waals surface area contributed by atoms with Crippen molar-refractivity contribution in [2.45, 2.75) is 6.54 Å². The standard InChI is InChI=1S/C16H16N2O2/c1-2-4-13(5-3-1)11-17-18-12-14-6-7-15-16(10-14)20-9-8-19-15/h1-7,10,12,17H,8-9,11H2. The summed E-state index contributed by atoms with van der Waals surface area (Å²) in [6.45, 7) is 1.92. The monoisotopic (exact) mass is 268 g/mol. The lowest BCUT2D eigenvalue weighted by atomic mass is 10.2. The van der Waals surface area contributed by atoms with E-state index in [1.165, 1.54) is 5.56 Å². The van der Waals surface area contributed by atoms with Crippen LogP contribution in [0.4, 0.5) is 0 Å². The summed E-state index contributed by atoms with van der Waals surface area (Å²) < 4.78 is 11.0. The summed E-state index contributed by atoms with van der Waals surface area (Å²) in [4.78, 5) is 0. The number of ether oxygens (including phenoxy) is 2. The Balaban J connectivity index is 1.59. The SMILES string of the molecule is C(=NNCc1ccccc1)c1ccc2c(c1)OCCO2. The molecule has 0 spiro atoms. The fourth-order valence-corrected chi connectivity index (χ4v) is 1.99. The van der Waals surface area contributed by atoms with Crippen LogP contribution >= 0.6 is 0 Å². The average Bonchev–Trinajstić information content (AvgIpc) is 2.52. The highest BCUT2D eigenvalue weighted by atomic mass is 16.6. The number of benzene rings is 2. The molecule has 2 aromatic carbocycles. The highest BCUT2D eigenvalue weighted by Gasteiger charge is 2.10. The minimum atomic E-state index is 0.597. The Morgan fingerprint density at radius 1 is 1.00 bits per heavy atom. The molecule has 1 N–H and O–H groups in total. The Kier molecular flexibility index (Phi) is 3.83. The topological polar surface area (TPSA) is 42.9 Å². The summed E-state index contributed by atoms with van der Waals surface area (Å²) in [5.74, 6) is 1.58. The molecule has 3 rings (SSSR count). The number of fused-ring (bicyclic) bond motifs is 1. The Morgan fingerprint density at radius 2 is 1.80 bits per heavy atom. The molecule has 0 amide bonds. The Bertz CT molecular complexity index is 597. The zero-order valence-corrected chi connectivity index (χ0v) is 11.1. The first kappa shape index (κ1) is 12.5. The molecular weight excluding hydrogens is 252 g/mol. The first-order chi connectivity index (χ1) is 9.92. The van der Waals surface area contributed by atoms with E-state index in [1.54, 1.807) is 6.21 Å². The van der Waals surface area contributed by atoms with Gasteiger partial charge in [-0.1, -0.05) is 30.3 Å². The van der Waals surface area contributed by atoms with E-state index < -0.39 is 0 Å². The van der Waals surface area contributed by atoms with Crippen molar-refractivity contribution in [1.29, 1.82) is 0 Å². The first-order valence-corrected chi connectivity index (χ1v) is 6.61. The molecule has 4 nitrogen and oxygen atoms in total. The molecule has 20 heavy (non-hydrogen) atoms. The lowest BCUT2D eigenvalue weighted by molar-refractivity contribution is 0.171. The van der Waals surface area contributed by atoms with Crippen LogP contribution in [0, 0.1) is 0 Å². The van der Waals surface area contributed by atoms with Crippen molar-refractivity contribution < 1.29 is 9.47 Å². The van der Waals surface area contributed by atoms with Crippen LogP contribution in [0.5, 0.6) is 11.5 Å². The molecule has 0 aliphatic carbocycles. The van der Waals surface area contributed by atoms with Gasteiger partial charge in [0, 0.05) is 0 Å². The predicted molar refractivity (Wildman–Crippen MR) is 78.3 cm³/mol. The smallest absolute Gasteiger partial charge is 0.162 e. The van der Waals surface area contributed by atoms with Gasteiger partial charge in [0.15, 0.2) is 11.5 Å². The van der Waals surface area contributed by atoms with E-state index in [-0.39, 0.29) is 0 Å². The van der Waals surface area contributed by atoms with Crippen molar-refractivity contribution in [3.63, 3.8) is 0 Å². The van der Waals surface area contributed by atoms with E-state index in [0.29, 0.717) is 19.8 Å². The molecule has 102 valence electrons. The summed E-state index contributed by atoms with van der Waals surface area (Å²) in [7, 11) is 0. The summed E-state index contributed by atoms with van der Waals surface area (Å²) in [6, 6.07) is 16.0. The fraction of sp³-hybridized carbons (Fsp3) is 0.188.